The van der Waals surface area contributed by atoms with Gasteiger partial charge in [-0.3, -0.25) is 4.90 Å². The molecule has 13 heavy (non-hydrogen) atoms. The van der Waals surface area contributed by atoms with Crippen LogP contribution >= 0.6 is 0 Å². The smallest absolute Gasteiger partial charge is 0.0897 e. The van der Waals surface area contributed by atoms with E-state index in [0.717, 1.165) is 6.54 Å². The zero-order chi connectivity index (χ0) is 9.68. The molecule has 0 amide bonds. The molecule has 5 heteroatoms. The Labute approximate surface area is 78.1 Å². The van der Waals surface area contributed by atoms with Gasteiger partial charge in [0.25, 0.3) is 0 Å². The van der Waals surface area contributed by atoms with Crippen LogP contribution in [-0.2, 0) is 4.74 Å². The van der Waals surface area contributed by atoms with Crippen molar-refractivity contribution in [2.75, 3.05) is 39.5 Å². The lowest BCUT2D eigenvalue weighted by Gasteiger charge is -2.35. The summed E-state index contributed by atoms with van der Waals surface area (Å²) in [5, 5.41) is 17.9. The summed E-state index contributed by atoms with van der Waals surface area (Å²) in [6.45, 7) is 2.87. The van der Waals surface area contributed by atoms with Crippen molar-refractivity contribution in [3.05, 3.63) is 0 Å². The quantitative estimate of drug-likeness (QED) is 0.478. The number of rotatable bonds is 4. The van der Waals surface area contributed by atoms with Crippen molar-refractivity contribution in [2.24, 2.45) is 5.73 Å². The number of β-amino-alcohol motifs (C(OH)–C–C–N with tert-alkyl or cyclic N) is 1. The van der Waals surface area contributed by atoms with Crippen molar-refractivity contribution in [1.82, 2.24) is 4.90 Å². The number of ether oxygens (including phenoxy) is 1. The highest BCUT2D eigenvalue weighted by Gasteiger charge is 2.23. The molecule has 4 N–H and O–H groups in total. The molecular formula is C8H18N2O3. The highest BCUT2D eigenvalue weighted by atomic mass is 16.5. The standard InChI is InChI=1S/C8H18N2O3/c9-3-7-6-13-2-1-10(7)4-8(12)5-11/h7-8,11-12H,1-6,9H2. The molecule has 0 spiro atoms. The number of nitrogens with zero attached hydrogens (tertiary/aromatic N) is 1. The van der Waals surface area contributed by atoms with Gasteiger partial charge in [0.05, 0.1) is 25.9 Å². The molecule has 2 unspecified atom stereocenters. The molecular weight excluding hydrogens is 172 g/mol. The first-order chi connectivity index (χ1) is 6.27. The second kappa shape index (κ2) is 5.51. The fourth-order valence-corrected chi connectivity index (χ4v) is 1.48. The topological polar surface area (TPSA) is 79.0 Å². The second-order valence-corrected chi connectivity index (χ2v) is 3.30. The predicted octanol–water partition coefficient (Wildman–Crippen LogP) is -2.00. The number of morpholine rings is 1. The Morgan fingerprint density at radius 3 is 3.00 bits per heavy atom. The minimum atomic E-state index is -0.674. The molecule has 5 nitrogen and oxygen atoms in total. The Kier molecular flexibility index (Phi) is 4.61. The fraction of sp³-hybridized carbons (Fsp3) is 1.00. The summed E-state index contributed by atoms with van der Waals surface area (Å²) in [7, 11) is 0. The van der Waals surface area contributed by atoms with E-state index in [1.165, 1.54) is 0 Å². The molecule has 0 aromatic heterocycles. The molecule has 0 aromatic carbocycles. The summed E-state index contributed by atoms with van der Waals surface area (Å²) in [5.41, 5.74) is 5.55. The minimum Gasteiger partial charge on any atom is -0.394 e. The van der Waals surface area contributed by atoms with Crippen LogP contribution in [0, 0.1) is 0 Å². The summed E-state index contributed by atoms with van der Waals surface area (Å²) in [6.07, 6.45) is -0.674. The monoisotopic (exact) mass is 190 g/mol. The molecule has 1 aliphatic heterocycles. The Bertz CT molecular complexity index is 145. The van der Waals surface area contributed by atoms with Crippen molar-refractivity contribution in [3.63, 3.8) is 0 Å². The first-order valence-corrected chi connectivity index (χ1v) is 4.58. The first-order valence-electron chi connectivity index (χ1n) is 4.58. The van der Waals surface area contributed by atoms with Crippen LogP contribution in [0.25, 0.3) is 0 Å². The molecule has 0 saturated carbocycles. The largest absolute Gasteiger partial charge is 0.394 e. The first kappa shape index (κ1) is 10.9. The SMILES string of the molecule is NCC1COCCN1CC(O)CO. The highest BCUT2D eigenvalue weighted by molar-refractivity contribution is 4.77. The highest BCUT2D eigenvalue weighted by Crippen LogP contribution is 2.06. The number of hydrogen-bond donors (Lipinski definition) is 3. The maximum atomic E-state index is 9.25. The average molecular weight is 190 g/mol. The Morgan fingerprint density at radius 1 is 1.62 bits per heavy atom. The summed E-state index contributed by atoms with van der Waals surface area (Å²) in [6, 6.07) is 0.176. The van der Waals surface area contributed by atoms with Crippen LogP contribution < -0.4 is 5.73 Å². The van der Waals surface area contributed by atoms with Gasteiger partial charge in [0.15, 0.2) is 0 Å². The van der Waals surface area contributed by atoms with Crippen LogP contribution in [0.15, 0.2) is 0 Å². The maximum absolute atomic E-state index is 9.25. The molecule has 1 aliphatic rings. The zero-order valence-electron chi connectivity index (χ0n) is 7.72. The van der Waals surface area contributed by atoms with Crippen molar-refractivity contribution in [1.29, 1.82) is 0 Å². The van der Waals surface area contributed by atoms with Crippen molar-refractivity contribution >= 4 is 0 Å². The van der Waals surface area contributed by atoms with Gasteiger partial charge in [-0.15, -0.1) is 0 Å². The van der Waals surface area contributed by atoms with E-state index in [9.17, 15) is 5.11 Å². The lowest BCUT2D eigenvalue weighted by Crippen LogP contribution is -2.52. The Hall–Kier alpha value is -0.200. The maximum Gasteiger partial charge on any atom is 0.0897 e. The van der Waals surface area contributed by atoms with Gasteiger partial charge < -0.3 is 20.7 Å². The minimum absolute atomic E-state index is 0.176. The third kappa shape index (κ3) is 3.21. The van der Waals surface area contributed by atoms with Gasteiger partial charge in [-0.2, -0.15) is 0 Å². The molecule has 0 aromatic rings. The van der Waals surface area contributed by atoms with Crippen molar-refractivity contribution in [2.45, 2.75) is 12.1 Å². The van der Waals surface area contributed by atoms with Crippen molar-refractivity contribution in [3.8, 4) is 0 Å². The van der Waals surface area contributed by atoms with Crippen LogP contribution in [0.1, 0.15) is 0 Å². The van der Waals surface area contributed by atoms with Gasteiger partial charge in [0.2, 0.25) is 0 Å². The van der Waals surface area contributed by atoms with E-state index in [1.54, 1.807) is 0 Å². The van der Waals surface area contributed by atoms with Crippen LogP contribution in [0.4, 0.5) is 0 Å². The zero-order valence-corrected chi connectivity index (χ0v) is 7.72. The average Bonchev–Trinajstić information content (AvgIpc) is 2.18. The second-order valence-electron chi connectivity index (χ2n) is 3.30. The third-order valence-electron chi connectivity index (χ3n) is 2.28. The van der Waals surface area contributed by atoms with E-state index in [0.29, 0.717) is 26.3 Å². The van der Waals surface area contributed by atoms with Crippen molar-refractivity contribution < 1.29 is 14.9 Å². The van der Waals surface area contributed by atoms with Gasteiger partial charge in [0, 0.05) is 25.7 Å². The summed E-state index contributed by atoms with van der Waals surface area (Å²) >= 11 is 0. The van der Waals surface area contributed by atoms with Gasteiger partial charge in [-0.1, -0.05) is 0 Å². The summed E-state index contributed by atoms with van der Waals surface area (Å²) in [4.78, 5) is 2.06. The fourth-order valence-electron chi connectivity index (χ4n) is 1.48. The van der Waals surface area contributed by atoms with E-state index >= 15 is 0 Å². The number of hydrogen-bond acceptors (Lipinski definition) is 5. The van der Waals surface area contributed by atoms with Gasteiger partial charge in [-0.25, -0.2) is 0 Å². The molecule has 1 heterocycles. The van der Waals surface area contributed by atoms with E-state index in [2.05, 4.69) is 4.90 Å². The Morgan fingerprint density at radius 2 is 2.38 bits per heavy atom. The normalized spacial score (nSPS) is 27.5. The molecule has 1 rings (SSSR count). The van der Waals surface area contributed by atoms with Crippen LogP contribution in [-0.4, -0.2) is 66.7 Å². The van der Waals surface area contributed by atoms with Gasteiger partial charge >= 0.3 is 0 Å². The third-order valence-corrected chi connectivity index (χ3v) is 2.28. The van der Waals surface area contributed by atoms with Gasteiger partial charge in [0.1, 0.15) is 0 Å². The molecule has 1 fully saturated rings. The summed E-state index contributed by atoms with van der Waals surface area (Å²) < 4.78 is 5.25. The van der Waals surface area contributed by atoms with E-state index in [-0.39, 0.29) is 12.6 Å². The van der Waals surface area contributed by atoms with E-state index in [4.69, 9.17) is 15.6 Å². The Balaban J connectivity index is 2.35. The number of nitrogens with two attached hydrogens (primary N) is 1. The lowest BCUT2D eigenvalue weighted by molar-refractivity contribution is -0.0313. The van der Waals surface area contributed by atoms with E-state index in [1.807, 2.05) is 0 Å². The van der Waals surface area contributed by atoms with Gasteiger partial charge in [-0.05, 0) is 0 Å². The lowest BCUT2D eigenvalue weighted by atomic mass is 10.2. The molecule has 78 valence electrons. The predicted molar refractivity (Wildman–Crippen MR) is 48.3 cm³/mol. The van der Waals surface area contributed by atoms with Crippen LogP contribution in [0.2, 0.25) is 0 Å². The van der Waals surface area contributed by atoms with E-state index < -0.39 is 6.10 Å². The van der Waals surface area contributed by atoms with Crippen LogP contribution in [0.3, 0.4) is 0 Å². The summed E-state index contributed by atoms with van der Waals surface area (Å²) in [5.74, 6) is 0. The molecule has 0 bridgehead atoms. The van der Waals surface area contributed by atoms with Crippen LogP contribution in [0.5, 0.6) is 0 Å². The molecule has 0 radical (unpaired) electrons. The molecule has 2 atom stereocenters. The number of aliphatic hydroxyl groups is 2. The number of aliphatic hydroxyl groups excluding tert-OH is 2. The molecule has 1 saturated heterocycles. The molecule has 0 aliphatic carbocycles.